The first-order valence-electron chi connectivity index (χ1n) is 36.1. The van der Waals surface area contributed by atoms with Gasteiger partial charge in [0.05, 0.1) is 147 Å². The number of allylic oxidation sites excluding steroid dienone is 1. The second-order valence-electron chi connectivity index (χ2n) is 25.4. The van der Waals surface area contributed by atoms with Crippen LogP contribution in [0, 0.1) is 11.8 Å². The molecule has 14 N–H and O–H groups in total. The summed E-state index contributed by atoms with van der Waals surface area (Å²) in [6.45, 7) is 13.8. The van der Waals surface area contributed by atoms with Crippen LogP contribution in [0.15, 0.2) is 59.9 Å². The number of hydrogen-bond donors (Lipinski definition) is 12. The second-order valence-corrected chi connectivity index (χ2v) is 27.0. The summed E-state index contributed by atoms with van der Waals surface area (Å²) in [6, 6.07) is 12.4. The highest BCUT2D eigenvalue weighted by atomic mass is 32.2. The number of ketones is 1. The lowest BCUT2D eigenvalue weighted by atomic mass is 9.96. The number of rotatable bonds is 55. The highest BCUT2D eigenvalue weighted by molar-refractivity contribution is 7.85. The van der Waals surface area contributed by atoms with E-state index in [0.29, 0.717) is 109 Å². The lowest BCUT2D eigenvalue weighted by Gasteiger charge is -2.30. The van der Waals surface area contributed by atoms with E-state index in [4.69, 9.17) is 58.8 Å². The fraction of sp³-hybridized carbons (Fsp3) is 0.662. The average Bonchev–Trinajstić information content (AvgIpc) is 0.777. The summed E-state index contributed by atoms with van der Waals surface area (Å²) in [7, 11) is -2.32. The number of para-hydroxylation sites is 1. The molecule has 2 aromatic carbocycles. The molecule has 0 fully saturated rings. The zero-order valence-corrected chi connectivity index (χ0v) is 62.4. The number of benzene rings is 2. The van der Waals surface area contributed by atoms with Gasteiger partial charge < -0.3 is 101 Å². The van der Waals surface area contributed by atoms with Crippen LogP contribution in [0.3, 0.4) is 0 Å². The number of hydrazine groups is 1. The minimum absolute atomic E-state index is 0.000765. The first-order chi connectivity index (χ1) is 50.0. The number of amides is 7. The van der Waals surface area contributed by atoms with Crippen LogP contribution in [-0.4, -0.2) is 236 Å². The van der Waals surface area contributed by atoms with E-state index < -0.39 is 63.7 Å². The van der Waals surface area contributed by atoms with Gasteiger partial charge >= 0.3 is 0 Å². The number of Topliss-reactive ketones (excluding diaryl/α,β-unsaturated/α-hetero) is 1. The number of ether oxygens (including phenoxy) is 9. The van der Waals surface area contributed by atoms with Gasteiger partial charge in [-0.25, -0.2) is 0 Å². The topological polar surface area (TPSA) is 438 Å². The van der Waals surface area contributed by atoms with Crippen molar-refractivity contribution >= 4 is 74.3 Å². The van der Waals surface area contributed by atoms with Crippen molar-refractivity contribution in [3.05, 3.63) is 76.6 Å². The van der Waals surface area contributed by atoms with Crippen molar-refractivity contribution in [3.63, 3.8) is 0 Å². The maximum atomic E-state index is 13.9. The molecule has 33 heteroatoms. The van der Waals surface area contributed by atoms with Gasteiger partial charge in [-0.1, -0.05) is 83.0 Å². The molecule has 0 aromatic heterocycles. The van der Waals surface area contributed by atoms with Gasteiger partial charge in [-0.2, -0.15) is 8.42 Å². The monoisotopic (exact) mass is 1490 g/mol. The minimum atomic E-state index is -4.14. The summed E-state index contributed by atoms with van der Waals surface area (Å²) in [5.41, 5.74) is 15.5. The highest BCUT2D eigenvalue weighted by Crippen LogP contribution is 2.35. The van der Waals surface area contributed by atoms with Crippen LogP contribution < -0.4 is 64.4 Å². The van der Waals surface area contributed by atoms with Crippen LogP contribution in [0.2, 0.25) is 0 Å². The van der Waals surface area contributed by atoms with Crippen LogP contribution in [0.5, 0.6) is 0 Å². The van der Waals surface area contributed by atoms with Crippen molar-refractivity contribution in [2.45, 2.75) is 142 Å². The van der Waals surface area contributed by atoms with Crippen LogP contribution in [0.25, 0.3) is 11.4 Å². The number of carbonyl (C=O) groups excluding carboxylic acids is 8. The minimum Gasteiger partial charge on any atom is -0.396 e. The predicted octanol–water partition coefficient (Wildman–Crippen LogP) is 1.61. The third-order valence-electron chi connectivity index (χ3n) is 16.6. The van der Waals surface area contributed by atoms with Gasteiger partial charge in [0.2, 0.25) is 41.4 Å². The van der Waals surface area contributed by atoms with E-state index in [1.165, 1.54) is 0 Å². The van der Waals surface area contributed by atoms with Crippen molar-refractivity contribution < 1.29 is 94.0 Å². The van der Waals surface area contributed by atoms with Crippen molar-refractivity contribution in [1.29, 1.82) is 0 Å². The molecule has 4 rings (SSSR count). The molecule has 1 unspecified atom stereocenters. The predicted molar refractivity (Wildman–Crippen MR) is 390 cm³/mol. The van der Waals surface area contributed by atoms with Crippen molar-refractivity contribution in [2.75, 3.05) is 156 Å². The molecule has 1 aliphatic heterocycles. The Hall–Kier alpha value is -7.41. The number of carbonyl (C=O) groups is 8. The zero-order chi connectivity index (χ0) is 75.9. The van der Waals surface area contributed by atoms with Crippen LogP contribution >= 0.6 is 0 Å². The molecule has 32 nitrogen and oxygen atoms in total. The van der Waals surface area contributed by atoms with E-state index in [-0.39, 0.29) is 147 Å². The maximum Gasteiger partial charge on any atom is 0.266 e. The Bertz CT molecular complexity index is 3120. The molecule has 7 amide bonds. The molecule has 1 aliphatic carbocycles. The van der Waals surface area contributed by atoms with Crippen LogP contribution in [0.1, 0.15) is 128 Å². The van der Waals surface area contributed by atoms with Gasteiger partial charge in [-0.15, -0.1) is 0 Å². The Balaban J connectivity index is 1.10. The van der Waals surface area contributed by atoms with Gasteiger partial charge in [-0.05, 0) is 63.0 Å². The quantitative estimate of drug-likeness (QED) is 0.0194. The number of hydrogen-bond acceptors (Lipinski definition) is 24. The van der Waals surface area contributed by atoms with Gasteiger partial charge in [-0.3, -0.25) is 48.8 Å². The Kier molecular flexibility index (Phi) is 44.3. The van der Waals surface area contributed by atoms with Gasteiger partial charge in [0.25, 0.3) is 10.1 Å². The number of nitrogens with zero attached hydrogens (tertiary/aromatic N) is 1. The van der Waals surface area contributed by atoms with Crippen LogP contribution in [0.4, 0.5) is 5.69 Å². The number of fused-ring (bicyclic) bond motifs is 2. The first-order valence-corrected chi connectivity index (χ1v) is 37.7. The second kappa shape index (κ2) is 51.7. The molecule has 0 radical (unpaired) electrons. The fourth-order valence-corrected chi connectivity index (χ4v) is 11.4. The van der Waals surface area contributed by atoms with Crippen molar-refractivity contribution in [2.24, 2.45) is 23.4 Å². The van der Waals surface area contributed by atoms with Gasteiger partial charge in [0.15, 0.2) is 5.78 Å². The van der Waals surface area contributed by atoms with E-state index in [1.54, 1.807) is 39.5 Å². The number of nitrogens with two attached hydrogens (primary N) is 2. The molecule has 2 aliphatic rings. The third-order valence-corrected chi connectivity index (χ3v) is 17.3. The smallest absolute Gasteiger partial charge is 0.266 e. The molecule has 0 bridgehead atoms. The SMILES string of the molecule is CN/C1=C(\N)c2ccccc2N(C(=O)CCC(=O)NCCOCCOCCOCCOCCC(=O)N[C@H](CCCCNC(=O)COC2CCCCC/C(NCCOCCOCCOCCOCCC(=O)NCCS(=O)(=O)O)=C\2NN)C(=O)N[C@H](C(=O)N[C@@H](C)C(=O)C(C)C)C(C)C)Cc2ccccc21. The summed E-state index contributed by atoms with van der Waals surface area (Å²) in [6.07, 6.45) is 4.62. The van der Waals surface area contributed by atoms with Gasteiger partial charge in [0, 0.05) is 81.7 Å². The molecule has 104 heavy (non-hydrogen) atoms. The summed E-state index contributed by atoms with van der Waals surface area (Å²) in [5, 5.41) is 23.0. The molecule has 0 spiro atoms. The highest BCUT2D eigenvalue weighted by Gasteiger charge is 2.32. The summed E-state index contributed by atoms with van der Waals surface area (Å²) in [4.78, 5) is 106. The molecule has 1 heterocycles. The molecular weight excluding hydrogens is 1370 g/mol. The standard InChI is InChI=1S/C71H116N12O20S/c1-50(2)66(71(91)79-52(5)69(89)51(3)4)81-70(90)57(20-14-15-27-76-63(87)49-103-59-22-9-7-8-19-56(68(59)82-73)75-28-33-97-37-41-101-45-43-99-39-35-95-31-25-61(85)78-30-47-104(92,93)94)80-62(86)26-32-96-36-40-100-44-46-102-42-38-98-34-29-77-60(84)23-24-64(88)83-48-53-16-10-11-17-54(53)67(74-6)65(72)55-18-12-13-21-58(55)83/h10-13,16-18,21,50-52,57,59,66,74-75,82H,7-9,14-15,19-20,22-49,72-73H2,1-6H3,(H,76,87)(H,77,84)(H,78,85)(H,79,91)(H,80,86)(H,81,90)(H,92,93,94)/b67-65-,68-56-/t52-,57+,59?,66-/m0/s1. The van der Waals surface area contributed by atoms with E-state index >= 15 is 0 Å². The van der Waals surface area contributed by atoms with E-state index in [1.807, 2.05) is 55.6 Å². The Morgan fingerprint density at radius 3 is 1.73 bits per heavy atom. The summed E-state index contributed by atoms with van der Waals surface area (Å²) in [5.74, 6) is 1.85. The molecule has 0 saturated heterocycles. The van der Waals surface area contributed by atoms with E-state index in [9.17, 15) is 46.8 Å². The van der Waals surface area contributed by atoms with E-state index in [2.05, 4.69) is 48.0 Å². The Morgan fingerprint density at radius 2 is 1.13 bits per heavy atom. The number of unbranched alkanes of at least 4 members (excludes halogenated alkanes) is 1. The molecule has 586 valence electrons. The Morgan fingerprint density at radius 1 is 0.587 bits per heavy atom. The largest absolute Gasteiger partial charge is 0.396 e. The summed E-state index contributed by atoms with van der Waals surface area (Å²) >= 11 is 0. The number of anilines is 1. The average molecular weight is 1490 g/mol. The maximum absolute atomic E-state index is 13.9. The molecular formula is C71H116N12O20S. The zero-order valence-electron chi connectivity index (χ0n) is 61.5. The van der Waals surface area contributed by atoms with Crippen molar-refractivity contribution in [1.82, 2.24) is 48.0 Å². The Labute approximate surface area is 612 Å². The van der Waals surface area contributed by atoms with E-state index in [0.717, 1.165) is 47.3 Å². The molecule has 4 atom stereocenters. The molecule has 2 aromatic rings. The summed E-state index contributed by atoms with van der Waals surface area (Å²) < 4.78 is 80.9. The molecule has 0 saturated carbocycles. The van der Waals surface area contributed by atoms with Gasteiger partial charge in [0.1, 0.15) is 24.8 Å². The number of nitrogens with one attached hydrogen (secondary N) is 9. The first kappa shape index (κ1) is 89.0. The lowest BCUT2D eigenvalue weighted by Crippen LogP contribution is -2.57. The third kappa shape index (κ3) is 36.1. The lowest BCUT2D eigenvalue weighted by molar-refractivity contribution is -0.134. The van der Waals surface area contributed by atoms with Crippen molar-refractivity contribution in [3.8, 4) is 0 Å². The fourth-order valence-electron chi connectivity index (χ4n) is 11.0. The van der Waals surface area contributed by atoms with Crippen LogP contribution in [-0.2, 0) is 97.7 Å². The normalized spacial score (nSPS) is 16.3.